The van der Waals surface area contributed by atoms with E-state index < -0.39 is 81.8 Å². The molecule has 0 amide bonds. The highest BCUT2D eigenvalue weighted by molar-refractivity contribution is 7.89. The lowest BCUT2D eigenvalue weighted by Crippen LogP contribution is -2.62. The molecule has 0 aromatic carbocycles. The maximum absolute atomic E-state index is 14.4. The van der Waals surface area contributed by atoms with Gasteiger partial charge in [-0.05, 0) is 6.42 Å². The van der Waals surface area contributed by atoms with Crippen molar-refractivity contribution in [2.45, 2.75) is 55.3 Å². The first-order chi connectivity index (χ1) is 15.0. The lowest BCUT2D eigenvalue weighted by Gasteiger charge is -2.40. The molecule has 0 bridgehead atoms. The van der Waals surface area contributed by atoms with Crippen LogP contribution in [0.25, 0.3) is 0 Å². The van der Waals surface area contributed by atoms with E-state index in [0.29, 0.717) is 0 Å². The van der Waals surface area contributed by atoms with Gasteiger partial charge in [0.2, 0.25) is 10.0 Å². The summed E-state index contributed by atoms with van der Waals surface area (Å²) in [5.41, 5.74) is -13.6. The minimum atomic E-state index is -7.20. The van der Waals surface area contributed by atoms with Crippen molar-refractivity contribution in [2.75, 3.05) is 32.9 Å². The van der Waals surface area contributed by atoms with Crippen molar-refractivity contribution in [2.24, 2.45) is 5.92 Å². The van der Waals surface area contributed by atoms with Gasteiger partial charge in [-0.25, -0.2) is 27.1 Å². The molecule has 5 nitrogen and oxygen atoms in total. The Bertz CT molecular complexity index is 768. The van der Waals surface area contributed by atoms with Crippen molar-refractivity contribution in [3.63, 3.8) is 0 Å². The number of hydroxylamine groups is 3. The van der Waals surface area contributed by atoms with Gasteiger partial charge in [0.25, 0.3) is 5.67 Å². The van der Waals surface area contributed by atoms with Gasteiger partial charge < -0.3 is 0 Å². The van der Waals surface area contributed by atoms with Crippen LogP contribution in [-0.4, -0.2) is 87.3 Å². The fourth-order valence-electron chi connectivity index (χ4n) is 2.86. The third-order valence-electron chi connectivity index (χ3n) is 4.75. The fourth-order valence-corrected chi connectivity index (χ4v) is 4.05. The van der Waals surface area contributed by atoms with Crippen LogP contribution in [0.3, 0.4) is 0 Å². The molecule has 212 valence electrons. The van der Waals surface area contributed by atoms with E-state index in [1.54, 1.807) is 4.72 Å². The highest BCUT2D eigenvalue weighted by Crippen LogP contribution is 2.57. The first-order valence-electron chi connectivity index (χ1n) is 9.19. The highest BCUT2D eigenvalue weighted by Gasteiger charge is 2.80. The maximum Gasteiger partial charge on any atom is 0.431 e. The van der Waals surface area contributed by atoms with E-state index in [9.17, 15) is 75.1 Å². The predicted octanol–water partition coefficient (Wildman–Crippen LogP) is 4.82. The fraction of sp³-hybridized carbons (Fsp3) is 1.00. The number of nitrogens with zero attached hydrogens (tertiary/aromatic N) is 1. The van der Waals surface area contributed by atoms with Crippen LogP contribution in [0.5, 0.6) is 0 Å². The molecule has 2 N–H and O–H groups in total. The Morgan fingerprint density at radius 1 is 0.771 bits per heavy atom. The molecule has 0 radical (unpaired) electrons. The Morgan fingerprint density at radius 2 is 1.17 bits per heavy atom. The zero-order chi connectivity index (χ0) is 28.5. The van der Waals surface area contributed by atoms with E-state index in [2.05, 4.69) is 0 Å². The van der Waals surface area contributed by atoms with Crippen LogP contribution in [0.15, 0.2) is 0 Å². The number of quaternary nitrogens is 1. The molecule has 0 spiro atoms. The van der Waals surface area contributed by atoms with Gasteiger partial charge in [0.15, 0.2) is 0 Å². The Kier molecular flexibility index (Phi) is 9.97. The van der Waals surface area contributed by atoms with Crippen molar-refractivity contribution >= 4 is 10.0 Å². The largest absolute Gasteiger partial charge is 0.431 e. The number of hydrogen-bond donors (Lipinski definition) is 2. The summed E-state index contributed by atoms with van der Waals surface area (Å²) >= 11 is 0. The molecule has 0 aliphatic rings. The third-order valence-corrected chi connectivity index (χ3v) is 6.17. The average Bonchev–Trinajstić information content (AvgIpc) is 2.56. The second-order valence-electron chi connectivity index (χ2n) is 8.11. The van der Waals surface area contributed by atoms with E-state index in [1.807, 2.05) is 0 Å². The monoisotopic (exact) mass is 575 g/mol. The summed E-state index contributed by atoms with van der Waals surface area (Å²) in [7, 11) is -2.56. The topological polar surface area (TPSA) is 66.4 Å². The molecular formula is C15H21F14N2O3S+. The molecule has 0 saturated carbocycles. The predicted molar refractivity (Wildman–Crippen MR) is 89.8 cm³/mol. The maximum atomic E-state index is 14.4. The van der Waals surface area contributed by atoms with Crippen LogP contribution in [0.4, 0.5) is 61.5 Å². The Labute approximate surface area is 189 Å². The highest BCUT2D eigenvalue weighted by atomic mass is 32.2. The van der Waals surface area contributed by atoms with Gasteiger partial charge in [-0.3, -0.25) is 0 Å². The van der Waals surface area contributed by atoms with Gasteiger partial charge >= 0.3 is 30.4 Å². The smallest absolute Gasteiger partial charge is 0.224 e. The van der Waals surface area contributed by atoms with Gasteiger partial charge in [0.1, 0.15) is 6.54 Å². The molecule has 0 heterocycles. The Hall–Kier alpha value is -1.15. The summed E-state index contributed by atoms with van der Waals surface area (Å²) < 4.78 is 208. The van der Waals surface area contributed by atoms with Crippen LogP contribution in [0.1, 0.15) is 19.3 Å². The molecule has 0 aliphatic heterocycles. The molecular weight excluding hydrogens is 554 g/mol. The summed E-state index contributed by atoms with van der Waals surface area (Å²) in [6.07, 6.45) is -35.0. The normalized spacial score (nSPS) is 16.5. The number of sulfonamides is 1. The Morgan fingerprint density at radius 3 is 1.49 bits per heavy atom. The standard InChI is InChI=1S/C15H21F14N2O3S/c1-31(2,32)6-3-5-30-35(33,34)7-4-9(11(17,14(24,25)26)15(27,28)29)8-10(16,12(18,19)20)13(21,22)23/h9,30,32H,3-8H2,1-2H3/q+1. The Balaban J connectivity index is 6.28. The molecule has 1 unspecified atom stereocenters. The van der Waals surface area contributed by atoms with Crippen LogP contribution in [-0.2, 0) is 10.0 Å². The van der Waals surface area contributed by atoms with E-state index in [-0.39, 0.29) is 13.0 Å². The van der Waals surface area contributed by atoms with Crippen molar-refractivity contribution in [1.82, 2.24) is 4.72 Å². The van der Waals surface area contributed by atoms with E-state index >= 15 is 0 Å². The van der Waals surface area contributed by atoms with Crippen LogP contribution in [0.2, 0.25) is 0 Å². The number of rotatable bonds is 11. The van der Waals surface area contributed by atoms with Crippen molar-refractivity contribution in [1.29, 1.82) is 0 Å². The third kappa shape index (κ3) is 8.44. The summed E-state index contributed by atoms with van der Waals surface area (Å²) in [5.74, 6) is -6.53. The molecule has 0 aromatic rings. The minimum absolute atomic E-state index is 0.150. The van der Waals surface area contributed by atoms with Gasteiger partial charge in [0, 0.05) is 25.3 Å². The number of alkyl halides is 14. The van der Waals surface area contributed by atoms with Gasteiger partial charge in [-0.2, -0.15) is 57.3 Å². The van der Waals surface area contributed by atoms with Crippen molar-refractivity contribution < 1.29 is 79.7 Å². The molecule has 0 aromatic heterocycles. The summed E-state index contributed by atoms with van der Waals surface area (Å²) in [6, 6.07) is 0. The second-order valence-corrected chi connectivity index (χ2v) is 10.0. The SMILES string of the molecule is C[N+](C)(O)CCCNS(=O)(=O)CCC(CC(F)(C(F)(F)F)C(F)(F)F)C(F)(C(F)(F)F)C(F)(F)F. The van der Waals surface area contributed by atoms with E-state index in [4.69, 9.17) is 0 Å². The molecule has 0 aliphatic carbocycles. The zero-order valence-electron chi connectivity index (χ0n) is 17.7. The first-order valence-corrected chi connectivity index (χ1v) is 10.8. The first kappa shape index (κ1) is 33.8. The molecule has 20 heteroatoms. The molecule has 0 rings (SSSR count). The average molecular weight is 575 g/mol. The van der Waals surface area contributed by atoms with Crippen LogP contribution in [0, 0.1) is 5.92 Å². The second kappa shape index (κ2) is 10.3. The number of hydrogen-bond acceptors (Lipinski definition) is 3. The lowest BCUT2D eigenvalue weighted by molar-refractivity contribution is -1.07. The minimum Gasteiger partial charge on any atom is -0.224 e. The lowest BCUT2D eigenvalue weighted by atomic mass is 9.77. The van der Waals surface area contributed by atoms with E-state index in [1.165, 1.54) is 14.1 Å². The van der Waals surface area contributed by atoms with Crippen LogP contribution < -0.4 is 4.72 Å². The summed E-state index contributed by atoms with van der Waals surface area (Å²) in [4.78, 5) is 0. The number of halogens is 14. The summed E-state index contributed by atoms with van der Waals surface area (Å²) in [6.45, 7) is -0.769. The number of nitrogens with one attached hydrogen (secondary N) is 1. The van der Waals surface area contributed by atoms with Gasteiger partial charge in [-0.15, -0.1) is 0 Å². The summed E-state index contributed by atoms with van der Waals surface area (Å²) in [5, 5.41) is 9.39. The van der Waals surface area contributed by atoms with Gasteiger partial charge in [0.05, 0.1) is 19.8 Å². The van der Waals surface area contributed by atoms with Crippen LogP contribution >= 0.6 is 0 Å². The molecule has 1 atom stereocenters. The van der Waals surface area contributed by atoms with Crippen molar-refractivity contribution in [3.05, 3.63) is 0 Å². The molecule has 0 saturated heterocycles. The van der Waals surface area contributed by atoms with Gasteiger partial charge in [-0.1, -0.05) is 0 Å². The molecule has 0 fully saturated rings. The quantitative estimate of drug-likeness (QED) is 0.161. The van der Waals surface area contributed by atoms with Crippen molar-refractivity contribution in [3.8, 4) is 0 Å². The van der Waals surface area contributed by atoms with E-state index in [0.717, 1.165) is 0 Å². The zero-order valence-corrected chi connectivity index (χ0v) is 18.5. The molecule has 35 heavy (non-hydrogen) atoms.